The summed E-state index contributed by atoms with van der Waals surface area (Å²) in [5.74, 6) is 6.75. The van der Waals surface area contributed by atoms with Gasteiger partial charge in [0.15, 0.2) is 5.78 Å². The van der Waals surface area contributed by atoms with Gasteiger partial charge in [0.05, 0.1) is 11.0 Å². The number of benzene rings is 8. The molecule has 0 aliphatic heterocycles. The fourth-order valence-electron chi connectivity index (χ4n) is 8.51. The second-order valence-corrected chi connectivity index (χ2v) is 15.2. The fourth-order valence-corrected chi connectivity index (χ4v) is 8.51. The number of rotatable bonds is 6. The molecule has 0 radical (unpaired) electrons. The molecule has 0 bridgehead atoms. The molecule has 270 valence electrons. The number of hydrogen-bond donors (Lipinski definition) is 0. The van der Waals surface area contributed by atoms with Crippen molar-refractivity contribution in [2.45, 2.75) is 19.3 Å². The third kappa shape index (κ3) is 5.91. The van der Waals surface area contributed by atoms with E-state index >= 15 is 0 Å². The van der Waals surface area contributed by atoms with E-state index in [-0.39, 0.29) is 11.2 Å². The zero-order chi connectivity index (χ0) is 38.5. The van der Waals surface area contributed by atoms with Crippen molar-refractivity contribution in [3.63, 3.8) is 0 Å². The summed E-state index contributed by atoms with van der Waals surface area (Å²) in [4.78, 5) is 15.8. The number of fused-ring (bicyclic) bond motifs is 6. The lowest BCUT2D eigenvalue weighted by molar-refractivity contribution is 0.103. The molecule has 3 nitrogen and oxygen atoms in total. The molecule has 0 saturated carbocycles. The van der Waals surface area contributed by atoms with Crippen LogP contribution in [0.3, 0.4) is 0 Å². The summed E-state index contributed by atoms with van der Waals surface area (Å²) in [5.41, 5.74) is 14.8. The number of aromatic nitrogens is 1. The molecule has 0 unspecified atom stereocenters. The van der Waals surface area contributed by atoms with Gasteiger partial charge in [-0.15, -0.1) is 0 Å². The molecule has 9 aromatic rings. The highest BCUT2D eigenvalue weighted by Crippen LogP contribution is 2.51. The van der Waals surface area contributed by atoms with E-state index in [9.17, 15) is 4.79 Å². The van der Waals surface area contributed by atoms with Crippen molar-refractivity contribution in [1.29, 1.82) is 0 Å². The Bertz CT molecular complexity index is 2980. The highest BCUT2D eigenvalue weighted by molar-refractivity contribution is 6.11. The maximum atomic E-state index is 13.6. The number of ketones is 1. The van der Waals surface area contributed by atoms with Gasteiger partial charge >= 0.3 is 0 Å². The molecule has 3 heteroatoms. The molecule has 1 aliphatic rings. The zero-order valence-electron chi connectivity index (χ0n) is 31.8. The molecular formula is C54H38N2O. The van der Waals surface area contributed by atoms with Crippen molar-refractivity contribution in [2.24, 2.45) is 0 Å². The molecule has 0 spiro atoms. The molecule has 10 rings (SSSR count). The van der Waals surface area contributed by atoms with Crippen LogP contribution in [0.2, 0.25) is 0 Å². The highest BCUT2D eigenvalue weighted by atomic mass is 16.1. The topological polar surface area (TPSA) is 25.2 Å². The normalized spacial score (nSPS) is 12.5. The summed E-state index contributed by atoms with van der Waals surface area (Å²) < 4.78 is 2.39. The van der Waals surface area contributed by atoms with E-state index < -0.39 is 0 Å². The van der Waals surface area contributed by atoms with Crippen LogP contribution in [0.5, 0.6) is 0 Å². The van der Waals surface area contributed by atoms with E-state index in [0.29, 0.717) is 11.1 Å². The Kier molecular flexibility index (Phi) is 8.20. The van der Waals surface area contributed by atoms with Crippen LogP contribution in [-0.2, 0) is 5.41 Å². The summed E-state index contributed by atoms with van der Waals surface area (Å²) in [7, 11) is 0. The van der Waals surface area contributed by atoms with Crippen molar-refractivity contribution in [1.82, 2.24) is 4.57 Å². The monoisotopic (exact) mass is 730 g/mol. The first-order valence-corrected chi connectivity index (χ1v) is 19.4. The maximum absolute atomic E-state index is 13.6. The third-order valence-electron chi connectivity index (χ3n) is 11.4. The van der Waals surface area contributed by atoms with Crippen LogP contribution < -0.4 is 4.90 Å². The van der Waals surface area contributed by atoms with Gasteiger partial charge < -0.3 is 9.47 Å². The first-order valence-electron chi connectivity index (χ1n) is 19.4. The predicted molar refractivity (Wildman–Crippen MR) is 235 cm³/mol. The average molecular weight is 731 g/mol. The summed E-state index contributed by atoms with van der Waals surface area (Å²) in [6.45, 7) is 4.64. The van der Waals surface area contributed by atoms with Gasteiger partial charge in [-0.1, -0.05) is 105 Å². The van der Waals surface area contributed by atoms with Crippen molar-refractivity contribution in [3.05, 3.63) is 228 Å². The molecule has 57 heavy (non-hydrogen) atoms. The average Bonchev–Trinajstić information content (AvgIpc) is 3.70. The van der Waals surface area contributed by atoms with Gasteiger partial charge in [0.1, 0.15) is 0 Å². The minimum Gasteiger partial charge on any atom is -0.311 e. The number of anilines is 3. The second kappa shape index (κ2) is 13.7. The number of carbonyl (C=O) groups excluding carboxylic acids is 1. The minimum atomic E-state index is -0.186. The molecule has 0 amide bonds. The van der Waals surface area contributed by atoms with Crippen LogP contribution in [-0.4, -0.2) is 10.4 Å². The van der Waals surface area contributed by atoms with E-state index in [1.54, 1.807) is 0 Å². The number of para-hydroxylation sites is 4. The second-order valence-electron chi connectivity index (χ2n) is 15.2. The molecule has 8 aromatic carbocycles. The van der Waals surface area contributed by atoms with E-state index in [2.05, 4.69) is 144 Å². The van der Waals surface area contributed by atoms with E-state index in [4.69, 9.17) is 0 Å². The smallest absolute Gasteiger partial charge is 0.193 e. The lowest BCUT2D eigenvalue weighted by atomic mass is 9.81. The minimum absolute atomic E-state index is 0.0196. The van der Waals surface area contributed by atoms with Crippen LogP contribution in [0.25, 0.3) is 38.6 Å². The van der Waals surface area contributed by atoms with Crippen LogP contribution in [0.15, 0.2) is 194 Å². The first-order chi connectivity index (χ1) is 27.9. The zero-order valence-corrected chi connectivity index (χ0v) is 31.8. The Morgan fingerprint density at radius 2 is 1.00 bits per heavy atom. The predicted octanol–water partition coefficient (Wildman–Crippen LogP) is 13.2. The van der Waals surface area contributed by atoms with Crippen molar-refractivity contribution in [3.8, 4) is 28.7 Å². The van der Waals surface area contributed by atoms with Crippen LogP contribution in [0, 0.1) is 11.8 Å². The van der Waals surface area contributed by atoms with E-state index in [0.717, 1.165) is 33.9 Å². The fraction of sp³-hybridized carbons (Fsp3) is 0.0556. The number of hydrogen-bond acceptors (Lipinski definition) is 2. The van der Waals surface area contributed by atoms with Gasteiger partial charge in [0, 0.05) is 61.2 Å². The van der Waals surface area contributed by atoms with Crippen LogP contribution >= 0.6 is 0 Å². The quantitative estimate of drug-likeness (QED) is 0.126. The Balaban J connectivity index is 0.911. The van der Waals surface area contributed by atoms with E-state index in [1.165, 1.54) is 44.1 Å². The largest absolute Gasteiger partial charge is 0.311 e. The Labute approximate surface area is 333 Å². The van der Waals surface area contributed by atoms with Crippen molar-refractivity contribution in [2.75, 3.05) is 4.90 Å². The molecular weight excluding hydrogens is 693 g/mol. The summed E-state index contributed by atoms with van der Waals surface area (Å²) in [5, 5.41) is 2.53. The Hall–Kier alpha value is -7.41. The standard InChI is InChI=1S/C54H38N2O/c1-54(2)49-34-38(26-33-45(49)47-36-52-48(35-50(47)54)46-20-12-13-21-51(46)56(52)43-18-10-5-11-19-43)23-22-37-24-27-39(28-25-37)53(57)40-29-31-44(32-30-40)55(41-14-6-3-7-15-41)42-16-8-4-9-17-42/h3-21,24-36H,1-2H3. The number of carbonyl (C=O) groups is 1. The first kappa shape index (κ1) is 34.1. The summed E-state index contributed by atoms with van der Waals surface area (Å²) in [6, 6.07) is 66.7. The van der Waals surface area contributed by atoms with Gasteiger partial charge in [-0.05, 0) is 138 Å². The van der Waals surface area contributed by atoms with Gasteiger partial charge in [-0.2, -0.15) is 0 Å². The lowest BCUT2D eigenvalue weighted by Gasteiger charge is -2.25. The van der Waals surface area contributed by atoms with Crippen molar-refractivity contribution >= 4 is 44.7 Å². The molecule has 0 fully saturated rings. The molecule has 0 N–H and O–H groups in total. The van der Waals surface area contributed by atoms with Gasteiger partial charge in [0.25, 0.3) is 0 Å². The van der Waals surface area contributed by atoms with Crippen LogP contribution in [0.4, 0.5) is 17.1 Å². The van der Waals surface area contributed by atoms with E-state index in [1.807, 2.05) is 84.9 Å². The lowest BCUT2D eigenvalue weighted by Crippen LogP contribution is -2.15. The van der Waals surface area contributed by atoms with Crippen LogP contribution in [0.1, 0.15) is 52.0 Å². The molecule has 1 aromatic heterocycles. The van der Waals surface area contributed by atoms with Gasteiger partial charge in [-0.25, -0.2) is 0 Å². The summed E-state index contributed by atoms with van der Waals surface area (Å²) >= 11 is 0. The molecule has 1 aliphatic carbocycles. The molecule has 0 atom stereocenters. The van der Waals surface area contributed by atoms with Gasteiger partial charge in [0.2, 0.25) is 0 Å². The Morgan fingerprint density at radius 1 is 0.474 bits per heavy atom. The molecule has 1 heterocycles. The molecule has 0 saturated heterocycles. The third-order valence-corrected chi connectivity index (χ3v) is 11.4. The maximum Gasteiger partial charge on any atom is 0.193 e. The van der Waals surface area contributed by atoms with Gasteiger partial charge in [-0.3, -0.25) is 4.79 Å². The SMILES string of the molecule is CC1(C)c2cc(C#Cc3ccc(C(=O)c4ccc(N(c5ccccc5)c5ccccc5)cc4)cc3)ccc2-c2cc3c(cc21)c1ccccc1n3-c1ccccc1. The Morgan fingerprint density at radius 3 is 1.67 bits per heavy atom. The number of nitrogens with zero attached hydrogens (tertiary/aromatic N) is 2. The van der Waals surface area contributed by atoms with Crippen molar-refractivity contribution < 1.29 is 4.79 Å². The summed E-state index contributed by atoms with van der Waals surface area (Å²) in [6.07, 6.45) is 0. The highest BCUT2D eigenvalue weighted by Gasteiger charge is 2.36.